The lowest BCUT2D eigenvalue weighted by atomic mass is 9.98. The van der Waals surface area contributed by atoms with Crippen molar-refractivity contribution in [3.05, 3.63) is 28.8 Å². The van der Waals surface area contributed by atoms with E-state index in [-0.39, 0.29) is 12.1 Å². The van der Waals surface area contributed by atoms with E-state index in [1.54, 1.807) is 7.11 Å². The lowest BCUT2D eigenvalue weighted by molar-refractivity contribution is 0.163. The standard InChI is InChI=1S/C14H20ClNO2/c1-18-12-5-4-11(13(15)8-12)9-16-14(10-17)6-2-3-7-14/h4-5,8,16-17H,2-3,6-7,9-10H2,1H3. The number of methoxy groups -OCH3 is 1. The normalized spacial score (nSPS) is 17.9. The van der Waals surface area contributed by atoms with E-state index in [2.05, 4.69) is 5.32 Å². The molecule has 3 nitrogen and oxygen atoms in total. The summed E-state index contributed by atoms with van der Waals surface area (Å²) in [4.78, 5) is 0. The molecular weight excluding hydrogens is 250 g/mol. The minimum Gasteiger partial charge on any atom is -0.497 e. The quantitative estimate of drug-likeness (QED) is 0.864. The van der Waals surface area contributed by atoms with Crippen molar-refractivity contribution >= 4 is 11.6 Å². The molecule has 1 aromatic carbocycles. The van der Waals surface area contributed by atoms with Gasteiger partial charge in [0.2, 0.25) is 0 Å². The van der Waals surface area contributed by atoms with Gasteiger partial charge in [0.15, 0.2) is 0 Å². The first kappa shape index (κ1) is 13.7. The molecule has 1 aliphatic carbocycles. The summed E-state index contributed by atoms with van der Waals surface area (Å²) in [7, 11) is 1.63. The van der Waals surface area contributed by atoms with E-state index in [0.29, 0.717) is 11.6 Å². The number of aliphatic hydroxyl groups is 1. The predicted octanol–water partition coefficient (Wildman–Crippen LogP) is 2.74. The Morgan fingerprint density at radius 1 is 1.39 bits per heavy atom. The fourth-order valence-electron chi connectivity index (χ4n) is 2.52. The SMILES string of the molecule is COc1ccc(CNC2(CO)CCCC2)c(Cl)c1. The fraction of sp³-hybridized carbons (Fsp3) is 0.571. The third-order valence-corrected chi connectivity index (χ3v) is 4.13. The molecule has 0 heterocycles. The third kappa shape index (κ3) is 2.97. The van der Waals surface area contributed by atoms with Crippen molar-refractivity contribution < 1.29 is 9.84 Å². The van der Waals surface area contributed by atoms with E-state index < -0.39 is 0 Å². The summed E-state index contributed by atoms with van der Waals surface area (Å²) in [6.45, 7) is 0.879. The highest BCUT2D eigenvalue weighted by Crippen LogP contribution is 2.30. The molecule has 0 aliphatic heterocycles. The molecule has 0 unspecified atom stereocenters. The largest absolute Gasteiger partial charge is 0.497 e. The van der Waals surface area contributed by atoms with E-state index in [1.807, 2.05) is 18.2 Å². The number of benzene rings is 1. The van der Waals surface area contributed by atoms with E-state index in [4.69, 9.17) is 16.3 Å². The lowest BCUT2D eigenvalue weighted by Gasteiger charge is -2.28. The van der Waals surface area contributed by atoms with Gasteiger partial charge in [-0.25, -0.2) is 0 Å². The maximum Gasteiger partial charge on any atom is 0.120 e. The van der Waals surface area contributed by atoms with Gasteiger partial charge in [0.05, 0.1) is 13.7 Å². The number of halogens is 1. The molecular formula is C14H20ClNO2. The van der Waals surface area contributed by atoms with Crippen LogP contribution in [-0.2, 0) is 6.54 Å². The van der Waals surface area contributed by atoms with Gasteiger partial charge in [-0.05, 0) is 30.5 Å². The van der Waals surface area contributed by atoms with Gasteiger partial charge in [-0.3, -0.25) is 0 Å². The van der Waals surface area contributed by atoms with Crippen LogP contribution in [0.2, 0.25) is 5.02 Å². The molecule has 100 valence electrons. The van der Waals surface area contributed by atoms with Gasteiger partial charge in [-0.15, -0.1) is 0 Å². The Balaban J connectivity index is 2.01. The molecule has 0 bridgehead atoms. The minimum absolute atomic E-state index is 0.108. The second-order valence-electron chi connectivity index (χ2n) is 4.96. The zero-order valence-electron chi connectivity index (χ0n) is 10.7. The van der Waals surface area contributed by atoms with Crippen molar-refractivity contribution in [3.8, 4) is 5.75 Å². The number of ether oxygens (including phenoxy) is 1. The molecule has 0 amide bonds. The smallest absolute Gasteiger partial charge is 0.120 e. The lowest BCUT2D eigenvalue weighted by Crippen LogP contribution is -2.45. The maximum atomic E-state index is 9.53. The first-order chi connectivity index (χ1) is 8.69. The van der Waals surface area contributed by atoms with Crippen LogP contribution in [0.25, 0.3) is 0 Å². The Bertz CT molecular complexity index is 403. The number of aliphatic hydroxyl groups excluding tert-OH is 1. The number of hydrogen-bond acceptors (Lipinski definition) is 3. The first-order valence-electron chi connectivity index (χ1n) is 6.37. The molecule has 2 N–H and O–H groups in total. The van der Waals surface area contributed by atoms with Crippen LogP contribution in [-0.4, -0.2) is 24.4 Å². The zero-order chi connectivity index (χ0) is 13.0. The summed E-state index contributed by atoms with van der Waals surface area (Å²) in [6, 6.07) is 5.69. The van der Waals surface area contributed by atoms with Crippen LogP contribution in [0.1, 0.15) is 31.2 Å². The highest BCUT2D eigenvalue weighted by molar-refractivity contribution is 6.31. The van der Waals surface area contributed by atoms with Gasteiger partial charge in [0, 0.05) is 17.1 Å². The number of rotatable bonds is 5. The Morgan fingerprint density at radius 3 is 2.67 bits per heavy atom. The zero-order valence-corrected chi connectivity index (χ0v) is 11.5. The molecule has 0 spiro atoms. The first-order valence-corrected chi connectivity index (χ1v) is 6.75. The molecule has 1 saturated carbocycles. The Morgan fingerprint density at radius 2 is 2.11 bits per heavy atom. The van der Waals surface area contributed by atoms with Crippen LogP contribution >= 0.6 is 11.6 Å². The minimum atomic E-state index is -0.108. The molecule has 18 heavy (non-hydrogen) atoms. The van der Waals surface area contributed by atoms with Crippen LogP contribution in [0.3, 0.4) is 0 Å². The van der Waals surface area contributed by atoms with Crippen molar-refractivity contribution in [1.82, 2.24) is 5.32 Å². The average Bonchev–Trinajstić information content (AvgIpc) is 2.86. The molecule has 2 rings (SSSR count). The van der Waals surface area contributed by atoms with E-state index in [9.17, 15) is 5.11 Å². The molecule has 0 atom stereocenters. The Labute approximate surface area is 113 Å². The fourth-order valence-corrected chi connectivity index (χ4v) is 2.76. The highest BCUT2D eigenvalue weighted by atomic mass is 35.5. The van der Waals surface area contributed by atoms with E-state index >= 15 is 0 Å². The molecule has 0 radical (unpaired) electrons. The van der Waals surface area contributed by atoms with Gasteiger partial charge in [0.1, 0.15) is 5.75 Å². The predicted molar refractivity (Wildman–Crippen MR) is 73.1 cm³/mol. The summed E-state index contributed by atoms with van der Waals surface area (Å²) >= 11 is 6.20. The van der Waals surface area contributed by atoms with Crippen LogP contribution in [0.15, 0.2) is 18.2 Å². The molecule has 0 aromatic heterocycles. The molecule has 4 heteroatoms. The summed E-state index contributed by atoms with van der Waals surface area (Å²) in [5, 5.41) is 13.7. The van der Waals surface area contributed by atoms with Gasteiger partial charge in [-0.2, -0.15) is 0 Å². The maximum absolute atomic E-state index is 9.53. The average molecular weight is 270 g/mol. The van der Waals surface area contributed by atoms with Crippen molar-refractivity contribution in [3.63, 3.8) is 0 Å². The monoisotopic (exact) mass is 269 g/mol. The van der Waals surface area contributed by atoms with Crippen molar-refractivity contribution in [2.45, 2.75) is 37.8 Å². The number of hydrogen-bond donors (Lipinski definition) is 2. The van der Waals surface area contributed by atoms with Crippen LogP contribution in [0.5, 0.6) is 5.75 Å². The summed E-state index contributed by atoms with van der Waals surface area (Å²) in [6.07, 6.45) is 4.45. The second kappa shape index (κ2) is 5.91. The molecule has 0 saturated heterocycles. The van der Waals surface area contributed by atoms with E-state index in [0.717, 1.165) is 24.2 Å². The topological polar surface area (TPSA) is 41.5 Å². The van der Waals surface area contributed by atoms with Crippen LogP contribution in [0, 0.1) is 0 Å². The van der Waals surface area contributed by atoms with Gasteiger partial charge < -0.3 is 15.2 Å². The Hall–Kier alpha value is -0.770. The summed E-state index contributed by atoms with van der Waals surface area (Å²) in [5.74, 6) is 0.765. The summed E-state index contributed by atoms with van der Waals surface area (Å²) < 4.78 is 5.12. The molecule has 1 aliphatic rings. The number of nitrogens with one attached hydrogen (secondary N) is 1. The van der Waals surface area contributed by atoms with Gasteiger partial charge in [-0.1, -0.05) is 30.5 Å². The van der Waals surface area contributed by atoms with Gasteiger partial charge in [0.25, 0.3) is 0 Å². The highest BCUT2D eigenvalue weighted by Gasteiger charge is 2.32. The van der Waals surface area contributed by atoms with Crippen LogP contribution < -0.4 is 10.1 Å². The molecule has 1 fully saturated rings. The Kier molecular flexibility index (Phi) is 4.49. The second-order valence-corrected chi connectivity index (χ2v) is 5.36. The van der Waals surface area contributed by atoms with Crippen molar-refractivity contribution in [1.29, 1.82) is 0 Å². The van der Waals surface area contributed by atoms with Gasteiger partial charge >= 0.3 is 0 Å². The van der Waals surface area contributed by atoms with E-state index in [1.165, 1.54) is 12.8 Å². The van der Waals surface area contributed by atoms with Crippen LogP contribution in [0.4, 0.5) is 0 Å². The molecule has 1 aromatic rings. The van der Waals surface area contributed by atoms with Crippen molar-refractivity contribution in [2.75, 3.05) is 13.7 Å². The third-order valence-electron chi connectivity index (χ3n) is 3.78. The summed E-state index contributed by atoms with van der Waals surface area (Å²) in [5.41, 5.74) is 0.931. The van der Waals surface area contributed by atoms with Crippen molar-refractivity contribution in [2.24, 2.45) is 0 Å².